The number of carbonyl (C=O) groups excluding carboxylic acids is 2. The Bertz CT molecular complexity index is 984. The number of anilines is 1. The van der Waals surface area contributed by atoms with E-state index in [4.69, 9.17) is 0 Å². The topological polar surface area (TPSA) is 59.5 Å². The van der Waals surface area contributed by atoms with Crippen molar-refractivity contribution in [2.24, 2.45) is 0 Å². The van der Waals surface area contributed by atoms with E-state index < -0.39 is 40.7 Å². The fourth-order valence-corrected chi connectivity index (χ4v) is 4.85. The van der Waals surface area contributed by atoms with Crippen LogP contribution in [0.1, 0.15) is 40.1 Å². The lowest BCUT2D eigenvalue weighted by atomic mass is 10.2. The first-order chi connectivity index (χ1) is 14.2. The summed E-state index contributed by atoms with van der Waals surface area (Å²) in [5, 5.41) is -0.0503. The number of benzene rings is 1. The number of nitrogens with zero attached hydrogens (tertiary/aromatic N) is 2. The van der Waals surface area contributed by atoms with Gasteiger partial charge in [-0.15, -0.1) is 24.5 Å². The molecule has 14 heteroatoms. The van der Waals surface area contributed by atoms with E-state index in [9.17, 15) is 35.9 Å². The Morgan fingerprint density at radius 1 is 1.13 bits per heavy atom. The number of aryl methyl sites for hydroxylation is 1. The minimum atomic E-state index is -5.00. The van der Waals surface area contributed by atoms with Crippen molar-refractivity contribution in [1.29, 1.82) is 0 Å². The van der Waals surface area contributed by atoms with Gasteiger partial charge >= 0.3 is 12.5 Å². The number of alkyl halides is 6. The van der Waals surface area contributed by atoms with Gasteiger partial charge in [0.2, 0.25) is 5.91 Å². The standard InChI is InChI=1S/C17H12Br2F6N2O3S/c1-3-4-11(28)27(15(29)13-14(16(20,21)22)26-7(2)31-13)12-9(18)5-8(6-10(12)19)30-17(23,24)25/h5-6H,3-4H2,1-2H3. The molecule has 0 aliphatic carbocycles. The summed E-state index contributed by atoms with van der Waals surface area (Å²) in [4.78, 5) is 28.8. The highest BCUT2D eigenvalue weighted by molar-refractivity contribution is 9.11. The summed E-state index contributed by atoms with van der Waals surface area (Å²) in [5.74, 6) is -2.82. The molecule has 0 fully saturated rings. The van der Waals surface area contributed by atoms with Crippen LogP contribution in [0.2, 0.25) is 0 Å². The number of carbonyl (C=O) groups is 2. The predicted octanol–water partition coefficient (Wildman–Crippen LogP) is 6.87. The zero-order chi connectivity index (χ0) is 23.7. The predicted molar refractivity (Wildman–Crippen MR) is 107 cm³/mol. The molecule has 1 aromatic heterocycles. The van der Waals surface area contributed by atoms with Crippen LogP contribution in [0.4, 0.5) is 32.0 Å². The zero-order valence-electron chi connectivity index (χ0n) is 15.6. The Balaban J connectivity index is 2.65. The van der Waals surface area contributed by atoms with Gasteiger partial charge in [-0.25, -0.2) is 9.88 Å². The number of thiazole rings is 1. The lowest BCUT2D eigenvalue weighted by molar-refractivity contribution is -0.274. The summed E-state index contributed by atoms with van der Waals surface area (Å²) < 4.78 is 81.1. The molecule has 1 aromatic carbocycles. The minimum absolute atomic E-state index is 0.0503. The molecular formula is C17H12Br2F6N2O3S. The summed E-state index contributed by atoms with van der Waals surface area (Å²) >= 11 is 6.40. The third-order valence-electron chi connectivity index (χ3n) is 3.56. The van der Waals surface area contributed by atoms with Gasteiger partial charge < -0.3 is 4.74 Å². The van der Waals surface area contributed by atoms with E-state index in [1.165, 1.54) is 6.92 Å². The molecule has 0 aliphatic heterocycles. The second-order valence-corrected chi connectivity index (χ2v) is 8.89. The third kappa shape index (κ3) is 6.19. The normalized spacial score (nSPS) is 12.1. The van der Waals surface area contributed by atoms with Crippen molar-refractivity contribution < 1.29 is 40.7 Å². The molecule has 0 spiro atoms. The average Bonchev–Trinajstić information content (AvgIpc) is 2.98. The first-order valence-corrected chi connectivity index (χ1v) is 10.7. The molecule has 5 nitrogen and oxygen atoms in total. The number of hydrogen-bond donors (Lipinski definition) is 0. The van der Waals surface area contributed by atoms with Crippen LogP contribution in [0.3, 0.4) is 0 Å². The number of aromatic nitrogens is 1. The van der Waals surface area contributed by atoms with Gasteiger partial charge in [-0.05, 0) is 57.3 Å². The highest BCUT2D eigenvalue weighted by Gasteiger charge is 2.42. The molecule has 0 N–H and O–H groups in total. The number of rotatable bonds is 5. The van der Waals surface area contributed by atoms with Crippen molar-refractivity contribution in [1.82, 2.24) is 4.98 Å². The van der Waals surface area contributed by atoms with E-state index in [1.807, 2.05) is 0 Å². The SMILES string of the molecule is CCCC(=O)N(C(=O)c1sc(C)nc1C(F)(F)F)c1c(Br)cc(OC(F)(F)F)cc1Br. The molecule has 2 aromatic rings. The first kappa shape index (κ1) is 25.6. The van der Waals surface area contributed by atoms with Crippen LogP contribution in [0.5, 0.6) is 5.75 Å². The number of hydrogen-bond acceptors (Lipinski definition) is 5. The monoisotopic (exact) mass is 596 g/mol. The van der Waals surface area contributed by atoms with Gasteiger partial charge in [0, 0.05) is 15.4 Å². The van der Waals surface area contributed by atoms with Crippen LogP contribution in [-0.2, 0) is 11.0 Å². The van der Waals surface area contributed by atoms with Crippen molar-refractivity contribution in [3.05, 3.63) is 36.7 Å². The third-order valence-corrected chi connectivity index (χ3v) is 5.73. The van der Waals surface area contributed by atoms with Gasteiger partial charge in [-0.2, -0.15) is 13.2 Å². The number of imide groups is 1. The Morgan fingerprint density at radius 2 is 1.68 bits per heavy atom. The van der Waals surface area contributed by atoms with Crippen LogP contribution in [0, 0.1) is 6.92 Å². The van der Waals surface area contributed by atoms with E-state index in [0.29, 0.717) is 16.2 Å². The quantitative estimate of drug-likeness (QED) is 0.353. The largest absolute Gasteiger partial charge is 0.573 e. The Kier molecular flexibility index (Phi) is 7.80. The summed E-state index contributed by atoms with van der Waals surface area (Å²) in [6.45, 7) is 2.88. The van der Waals surface area contributed by atoms with E-state index >= 15 is 0 Å². The van der Waals surface area contributed by atoms with E-state index in [1.54, 1.807) is 6.92 Å². The van der Waals surface area contributed by atoms with Gasteiger partial charge in [0.25, 0.3) is 5.91 Å². The summed E-state index contributed by atoms with van der Waals surface area (Å²) in [5.41, 5.74) is -1.71. The van der Waals surface area contributed by atoms with E-state index in [2.05, 4.69) is 41.6 Å². The maximum absolute atomic E-state index is 13.4. The minimum Gasteiger partial charge on any atom is -0.406 e. The fourth-order valence-electron chi connectivity index (χ4n) is 2.48. The van der Waals surface area contributed by atoms with Crippen molar-refractivity contribution in [3.63, 3.8) is 0 Å². The Morgan fingerprint density at radius 3 is 2.13 bits per heavy atom. The van der Waals surface area contributed by atoms with Gasteiger partial charge in [-0.1, -0.05) is 6.92 Å². The molecule has 2 amide bonds. The molecule has 0 radical (unpaired) electrons. The van der Waals surface area contributed by atoms with Gasteiger partial charge in [-0.3, -0.25) is 9.59 Å². The molecule has 0 atom stereocenters. The highest BCUT2D eigenvalue weighted by Crippen LogP contribution is 2.42. The molecule has 0 saturated heterocycles. The highest BCUT2D eigenvalue weighted by atomic mass is 79.9. The maximum Gasteiger partial charge on any atom is 0.573 e. The molecule has 0 bridgehead atoms. The number of ether oxygens (including phenoxy) is 1. The maximum atomic E-state index is 13.4. The van der Waals surface area contributed by atoms with Gasteiger partial charge in [0.15, 0.2) is 5.69 Å². The number of halogens is 8. The van der Waals surface area contributed by atoms with Gasteiger partial charge in [0.1, 0.15) is 10.6 Å². The Labute approximate surface area is 192 Å². The number of amides is 2. The van der Waals surface area contributed by atoms with Crippen LogP contribution < -0.4 is 9.64 Å². The van der Waals surface area contributed by atoms with Crippen molar-refractivity contribution >= 4 is 60.7 Å². The second kappa shape index (κ2) is 9.45. The van der Waals surface area contributed by atoms with Crippen molar-refractivity contribution in [3.8, 4) is 5.75 Å². The molecule has 31 heavy (non-hydrogen) atoms. The fraction of sp³-hybridized carbons (Fsp3) is 0.353. The summed E-state index contributed by atoms with van der Waals surface area (Å²) in [6.07, 6.45) is -9.89. The van der Waals surface area contributed by atoms with Crippen molar-refractivity contribution in [2.75, 3.05) is 4.90 Å². The molecule has 170 valence electrons. The Hall–Kier alpha value is -1.67. The molecule has 0 aliphatic rings. The molecule has 2 rings (SSSR count). The second-order valence-electron chi connectivity index (χ2n) is 5.98. The first-order valence-electron chi connectivity index (χ1n) is 8.32. The van der Waals surface area contributed by atoms with Crippen LogP contribution in [-0.4, -0.2) is 23.2 Å². The van der Waals surface area contributed by atoms with Crippen LogP contribution >= 0.6 is 43.2 Å². The van der Waals surface area contributed by atoms with Gasteiger partial charge in [0.05, 0.1) is 10.7 Å². The smallest absolute Gasteiger partial charge is 0.406 e. The molecule has 0 saturated carbocycles. The molecule has 0 unspecified atom stereocenters. The van der Waals surface area contributed by atoms with E-state index in [-0.39, 0.29) is 32.5 Å². The summed E-state index contributed by atoms with van der Waals surface area (Å²) in [6, 6.07) is 1.69. The average molecular weight is 598 g/mol. The van der Waals surface area contributed by atoms with Crippen LogP contribution in [0.15, 0.2) is 21.1 Å². The lowest BCUT2D eigenvalue weighted by Gasteiger charge is -2.24. The van der Waals surface area contributed by atoms with Crippen LogP contribution in [0.25, 0.3) is 0 Å². The van der Waals surface area contributed by atoms with Crippen molar-refractivity contribution in [2.45, 2.75) is 39.2 Å². The molecular weight excluding hydrogens is 586 g/mol. The zero-order valence-corrected chi connectivity index (χ0v) is 19.6. The lowest BCUT2D eigenvalue weighted by Crippen LogP contribution is -2.38. The summed E-state index contributed by atoms with van der Waals surface area (Å²) in [7, 11) is 0. The molecule has 1 heterocycles. The van der Waals surface area contributed by atoms with E-state index in [0.717, 1.165) is 12.1 Å².